The van der Waals surface area contributed by atoms with E-state index in [4.69, 9.17) is 4.74 Å². The molecule has 1 aromatic heterocycles. The number of aromatic nitrogens is 2. The molecular formula is C26H24N4O2S. The molecule has 1 amide bonds. The summed E-state index contributed by atoms with van der Waals surface area (Å²) in [5.74, 6) is 0.754. The zero-order valence-corrected chi connectivity index (χ0v) is 19.3. The molecule has 0 spiro atoms. The topological polar surface area (TPSA) is 76.5 Å². The molecule has 6 nitrogen and oxygen atoms in total. The van der Waals surface area contributed by atoms with E-state index in [1.165, 1.54) is 22.5 Å². The molecule has 7 heteroatoms. The summed E-state index contributed by atoms with van der Waals surface area (Å²) in [6.45, 7) is 4.30. The third-order valence-electron chi connectivity index (χ3n) is 4.85. The first kappa shape index (κ1) is 22.5. The van der Waals surface area contributed by atoms with E-state index in [-0.39, 0.29) is 11.7 Å². The Morgan fingerprint density at radius 1 is 1.00 bits per heavy atom. The fraction of sp³-hybridized carbons (Fsp3) is 0.154. The van der Waals surface area contributed by atoms with Gasteiger partial charge in [0, 0.05) is 11.4 Å². The van der Waals surface area contributed by atoms with Crippen molar-refractivity contribution < 1.29 is 9.53 Å². The summed E-state index contributed by atoms with van der Waals surface area (Å²) in [6, 6.07) is 24.0. The second-order valence-corrected chi connectivity index (χ2v) is 8.45. The van der Waals surface area contributed by atoms with E-state index in [1.54, 1.807) is 6.21 Å². The van der Waals surface area contributed by atoms with Gasteiger partial charge in [-0.15, -0.1) is 0 Å². The Labute approximate surface area is 197 Å². The normalized spacial score (nSPS) is 11.1. The van der Waals surface area contributed by atoms with Gasteiger partial charge >= 0.3 is 0 Å². The van der Waals surface area contributed by atoms with Crippen LogP contribution in [0.4, 0.5) is 0 Å². The van der Waals surface area contributed by atoms with Crippen molar-refractivity contribution in [2.45, 2.75) is 25.6 Å². The smallest absolute Gasteiger partial charge is 0.250 e. The fourth-order valence-electron chi connectivity index (χ4n) is 3.33. The highest BCUT2D eigenvalue weighted by molar-refractivity contribution is 7.99. The number of aryl methyl sites for hydroxylation is 2. The molecule has 4 aromatic rings. The van der Waals surface area contributed by atoms with Crippen LogP contribution in [0.3, 0.4) is 0 Å². The summed E-state index contributed by atoms with van der Waals surface area (Å²) in [5, 5.41) is 7.01. The van der Waals surface area contributed by atoms with E-state index in [0.29, 0.717) is 11.8 Å². The van der Waals surface area contributed by atoms with Crippen LogP contribution in [0.1, 0.15) is 22.5 Å². The van der Waals surface area contributed by atoms with Gasteiger partial charge in [0.15, 0.2) is 5.16 Å². The molecule has 3 aromatic carbocycles. The van der Waals surface area contributed by atoms with Gasteiger partial charge in [-0.05, 0) is 66.1 Å². The van der Waals surface area contributed by atoms with Crippen LogP contribution in [0.25, 0.3) is 10.8 Å². The number of thioether (sulfide) groups is 1. The van der Waals surface area contributed by atoms with Crippen molar-refractivity contribution in [3.63, 3.8) is 0 Å². The second-order valence-electron chi connectivity index (χ2n) is 7.51. The Balaban J connectivity index is 1.26. The van der Waals surface area contributed by atoms with Crippen LogP contribution in [-0.4, -0.2) is 27.8 Å². The molecule has 0 atom stereocenters. The van der Waals surface area contributed by atoms with E-state index in [1.807, 2.05) is 62.4 Å². The number of carbonyl (C=O) groups excluding carboxylic acids is 1. The molecule has 0 aliphatic carbocycles. The molecular weight excluding hydrogens is 432 g/mol. The minimum atomic E-state index is -0.214. The summed E-state index contributed by atoms with van der Waals surface area (Å²) >= 11 is 1.28. The van der Waals surface area contributed by atoms with Crippen molar-refractivity contribution in [1.29, 1.82) is 0 Å². The van der Waals surface area contributed by atoms with Crippen molar-refractivity contribution >= 4 is 34.7 Å². The highest BCUT2D eigenvalue weighted by atomic mass is 32.2. The summed E-state index contributed by atoms with van der Waals surface area (Å²) in [5.41, 5.74) is 6.30. The third kappa shape index (κ3) is 6.40. The van der Waals surface area contributed by atoms with E-state index in [2.05, 4.69) is 44.8 Å². The van der Waals surface area contributed by atoms with Crippen LogP contribution >= 0.6 is 11.8 Å². The van der Waals surface area contributed by atoms with Crippen LogP contribution in [0.2, 0.25) is 0 Å². The number of rotatable bonds is 8. The van der Waals surface area contributed by atoms with E-state index >= 15 is 0 Å². The van der Waals surface area contributed by atoms with Gasteiger partial charge in [-0.2, -0.15) is 5.10 Å². The molecule has 1 heterocycles. The molecule has 4 rings (SSSR count). The van der Waals surface area contributed by atoms with Crippen molar-refractivity contribution in [3.05, 3.63) is 95.3 Å². The van der Waals surface area contributed by atoms with Crippen molar-refractivity contribution in [2.24, 2.45) is 5.10 Å². The van der Waals surface area contributed by atoms with Gasteiger partial charge in [0.05, 0.1) is 12.0 Å². The number of ether oxygens (including phenoxy) is 1. The number of nitrogens with one attached hydrogen (secondary N) is 1. The number of hydrazone groups is 1. The Morgan fingerprint density at radius 2 is 1.73 bits per heavy atom. The number of amides is 1. The number of benzene rings is 3. The summed E-state index contributed by atoms with van der Waals surface area (Å²) < 4.78 is 5.96. The molecule has 1 N–H and O–H groups in total. The highest BCUT2D eigenvalue weighted by Crippen LogP contribution is 2.21. The first-order valence-electron chi connectivity index (χ1n) is 10.5. The number of hydrogen-bond acceptors (Lipinski definition) is 6. The van der Waals surface area contributed by atoms with Crippen LogP contribution in [-0.2, 0) is 11.4 Å². The van der Waals surface area contributed by atoms with Crippen molar-refractivity contribution in [2.75, 3.05) is 5.75 Å². The predicted molar refractivity (Wildman–Crippen MR) is 133 cm³/mol. The maximum atomic E-state index is 12.0. The summed E-state index contributed by atoms with van der Waals surface area (Å²) in [6.07, 6.45) is 1.60. The molecule has 0 unspecified atom stereocenters. The van der Waals surface area contributed by atoms with Gasteiger partial charge in [0.25, 0.3) is 5.91 Å². The van der Waals surface area contributed by atoms with Gasteiger partial charge in [-0.25, -0.2) is 15.4 Å². The van der Waals surface area contributed by atoms with E-state index in [0.717, 1.165) is 28.3 Å². The van der Waals surface area contributed by atoms with Gasteiger partial charge in [0.2, 0.25) is 0 Å². The summed E-state index contributed by atoms with van der Waals surface area (Å²) in [7, 11) is 0. The second kappa shape index (κ2) is 10.7. The minimum absolute atomic E-state index is 0.196. The van der Waals surface area contributed by atoms with Gasteiger partial charge in [-0.1, -0.05) is 54.2 Å². The van der Waals surface area contributed by atoms with Crippen molar-refractivity contribution in [1.82, 2.24) is 15.4 Å². The largest absolute Gasteiger partial charge is 0.489 e. The van der Waals surface area contributed by atoms with Crippen LogP contribution < -0.4 is 10.2 Å². The van der Waals surface area contributed by atoms with Crippen LogP contribution in [0, 0.1) is 13.8 Å². The van der Waals surface area contributed by atoms with Gasteiger partial charge in [0.1, 0.15) is 12.4 Å². The van der Waals surface area contributed by atoms with Crippen molar-refractivity contribution in [3.8, 4) is 5.75 Å². The lowest BCUT2D eigenvalue weighted by Crippen LogP contribution is -2.19. The Morgan fingerprint density at radius 3 is 2.52 bits per heavy atom. The number of fused-ring (bicyclic) bond motifs is 1. The third-order valence-corrected chi connectivity index (χ3v) is 5.70. The molecule has 0 aliphatic rings. The lowest BCUT2D eigenvalue weighted by molar-refractivity contribution is -0.118. The number of carbonyl (C=O) groups is 1. The first-order valence-corrected chi connectivity index (χ1v) is 11.5. The number of nitrogens with zero attached hydrogens (tertiary/aromatic N) is 3. The Hall–Kier alpha value is -3.71. The van der Waals surface area contributed by atoms with Crippen LogP contribution in [0.5, 0.6) is 5.75 Å². The molecule has 0 bridgehead atoms. The average molecular weight is 457 g/mol. The molecule has 0 aliphatic heterocycles. The first-order chi connectivity index (χ1) is 16.1. The Bertz CT molecular complexity index is 1260. The maximum absolute atomic E-state index is 12.0. The molecule has 33 heavy (non-hydrogen) atoms. The highest BCUT2D eigenvalue weighted by Gasteiger charge is 2.05. The average Bonchev–Trinajstić information content (AvgIpc) is 2.82. The maximum Gasteiger partial charge on any atom is 0.250 e. The van der Waals surface area contributed by atoms with Gasteiger partial charge in [-0.3, -0.25) is 4.79 Å². The molecule has 0 saturated heterocycles. The number of hydrogen-bond donors (Lipinski definition) is 1. The molecule has 0 saturated carbocycles. The lowest BCUT2D eigenvalue weighted by Gasteiger charge is -2.09. The van der Waals surface area contributed by atoms with Crippen LogP contribution in [0.15, 0.2) is 83.1 Å². The molecule has 0 radical (unpaired) electrons. The van der Waals surface area contributed by atoms with E-state index in [9.17, 15) is 4.79 Å². The summed E-state index contributed by atoms with van der Waals surface area (Å²) in [4.78, 5) is 20.6. The van der Waals surface area contributed by atoms with E-state index < -0.39 is 0 Å². The zero-order valence-electron chi connectivity index (χ0n) is 18.5. The Kier molecular flexibility index (Phi) is 7.32. The monoisotopic (exact) mass is 456 g/mol. The lowest BCUT2D eigenvalue weighted by atomic mass is 10.1. The van der Waals surface area contributed by atoms with Gasteiger partial charge < -0.3 is 4.74 Å². The minimum Gasteiger partial charge on any atom is -0.489 e. The predicted octanol–water partition coefficient (Wildman–Crippen LogP) is 5.07. The molecule has 0 fully saturated rings. The molecule has 166 valence electrons. The quantitative estimate of drug-likeness (QED) is 0.173. The fourth-order valence-corrected chi connectivity index (χ4v) is 4.07. The zero-order chi connectivity index (χ0) is 23.0. The SMILES string of the molecule is Cc1cc(C)nc(SCC(=O)NN=Cc2ccc(OCc3cccc4ccccc34)cc2)n1. The standard InChI is InChI=1S/C26H24N4O2S/c1-18-14-19(2)29-26(28-18)33-17-25(31)30-27-15-20-10-12-23(13-11-20)32-16-22-8-5-7-21-6-3-4-9-24(21)22/h3-15H,16-17H2,1-2H3,(H,30,31).